The molecule has 2 aliphatic rings. The minimum atomic E-state index is 0.589. The van der Waals surface area contributed by atoms with Crippen LogP contribution in [-0.4, -0.2) is 30.8 Å². The molecule has 86 valence electrons. The second kappa shape index (κ2) is 3.03. The first-order valence-corrected chi connectivity index (χ1v) is 5.84. The van der Waals surface area contributed by atoms with E-state index in [-0.39, 0.29) is 0 Å². The van der Waals surface area contributed by atoms with Crippen LogP contribution >= 0.6 is 0 Å². The molecule has 2 aromatic heterocycles. The Morgan fingerprint density at radius 2 is 2.29 bits per heavy atom. The molecule has 0 unspecified atom stereocenters. The van der Waals surface area contributed by atoms with Crippen LogP contribution in [0.4, 0.5) is 0 Å². The molecule has 2 N–H and O–H groups in total. The Morgan fingerprint density at radius 3 is 3.06 bits per heavy atom. The zero-order valence-electron chi connectivity index (χ0n) is 9.38. The van der Waals surface area contributed by atoms with Crippen molar-refractivity contribution in [3.05, 3.63) is 23.4 Å². The zero-order chi connectivity index (χ0) is 11.4. The van der Waals surface area contributed by atoms with Gasteiger partial charge in [-0.25, -0.2) is 0 Å². The second-order valence-electron chi connectivity index (χ2n) is 4.70. The Balaban J connectivity index is 1.73. The van der Waals surface area contributed by atoms with Gasteiger partial charge in [0.15, 0.2) is 0 Å². The molecule has 0 saturated heterocycles. The monoisotopic (exact) mass is 228 g/mol. The van der Waals surface area contributed by atoms with Crippen molar-refractivity contribution in [3.63, 3.8) is 0 Å². The van der Waals surface area contributed by atoms with Gasteiger partial charge < -0.3 is 0 Å². The summed E-state index contributed by atoms with van der Waals surface area (Å²) in [6.07, 6.45) is 5.52. The number of nitrogens with one attached hydrogen (secondary N) is 2. The van der Waals surface area contributed by atoms with Gasteiger partial charge >= 0.3 is 0 Å². The Labute approximate surface area is 97.5 Å². The summed E-state index contributed by atoms with van der Waals surface area (Å²) < 4.78 is 0. The van der Waals surface area contributed by atoms with Gasteiger partial charge in [0, 0.05) is 17.2 Å². The van der Waals surface area contributed by atoms with Crippen LogP contribution in [-0.2, 0) is 6.42 Å². The fourth-order valence-electron chi connectivity index (χ4n) is 3.10. The number of hydrogen-bond donors (Lipinski definition) is 2. The van der Waals surface area contributed by atoms with E-state index < -0.39 is 0 Å². The number of hydrogen-bond acceptors (Lipinski definition) is 4. The smallest absolute Gasteiger partial charge is 0.225 e. The van der Waals surface area contributed by atoms with Gasteiger partial charge in [0.1, 0.15) is 5.69 Å². The largest absolute Gasteiger partial charge is 0.281 e. The average molecular weight is 228 g/mol. The van der Waals surface area contributed by atoms with Gasteiger partial charge in [-0.1, -0.05) is 12.2 Å². The zero-order valence-corrected chi connectivity index (χ0v) is 9.38. The predicted molar refractivity (Wildman–Crippen MR) is 60.0 cm³/mol. The van der Waals surface area contributed by atoms with E-state index in [2.05, 4.69) is 49.9 Å². The van der Waals surface area contributed by atoms with E-state index in [1.165, 1.54) is 11.3 Å². The summed E-state index contributed by atoms with van der Waals surface area (Å²) >= 11 is 0. The molecule has 0 bridgehead atoms. The molecule has 0 radical (unpaired) electrons. The number of H-pyrrole nitrogens is 2. The molecule has 1 fully saturated rings. The van der Waals surface area contributed by atoms with Gasteiger partial charge in [-0.3, -0.25) is 5.10 Å². The van der Waals surface area contributed by atoms with E-state index in [1.54, 1.807) is 0 Å². The van der Waals surface area contributed by atoms with Crippen LogP contribution in [0.2, 0.25) is 0 Å². The maximum atomic E-state index is 4.32. The summed E-state index contributed by atoms with van der Waals surface area (Å²) in [6.45, 7) is 2.08. The molecule has 3 atom stereocenters. The molecule has 6 heteroatoms. The summed E-state index contributed by atoms with van der Waals surface area (Å²) in [7, 11) is 0. The first-order chi connectivity index (χ1) is 8.40. The van der Waals surface area contributed by atoms with E-state index in [4.69, 9.17) is 0 Å². The van der Waals surface area contributed by atoms with Gasteiger partial charge in [0.05, 0.1) is 0 Å². The van der Waals surface area contributed by atoms with Crippen molar-refractivity contribution in [1.82, 2.24) is 30.8 Å². The second-order valence-corrected chi connectivity index (χ2v) is 4.70. The van der Waals surface area contributed by atoms with Crippen LogP contribution in [0, 0.1) is 11.8 Å². The number of nitrogens with zero attached hydrogens (tertiary/aromatic N) is 4. The van der Waals surface area contributed by atoms with Crippen molar-refractivity contribution in [1.29, 1.82) is 0 Å². The molecule has 1 saturated carbocycles. The number of aromatic amines is 2. The Bertz CT molecular complexity index is 581. The lowest BCUT2D eigenvalue weighted by Gasteiger charge is -1.98. The third kappa shape index (κ3) is 1.09. The maximum absolute atomic E-state index is 4.32. The SMILES string of the molecule is C/C=C/[C@@H]1[C@@H]2Cc3c(-c4nn[nH]n4)n[nH]c3[C@H]12. The Hall–Kier alpha value is -1.98. The molecular weight excluding hydrogens is 216 g/mol. The van der Waals surface area contributed by atoms with E-state index >= 15 is 0 Å². The Kier molecular flexibility index (Phi) is 1.62. The van der Waals surface area contributed by atoms with Crippen LogP contribution in [0.15, 0.2) is 12.2 Å². The third-order valence-corrected chi connectivity index (χ3v) is 3.87. The molecular formula is C11H12N6. The molecule has 6 nitrogen and oxygen atoms in total. The lowest BCUT2D eigenvalue weighted by Crippen LogP contribution is -1.92. The summed E-state index contributed by atoms with van der Waals surface area (Å²) in [4.78, 5) is 0. The molecule has 17 heavy (non-hydrogen) atoms. The first-order valence-electron chi connectivity index (χ1n) is 5.84. The van der Waals surface area contributed by atoms with Crippen molar-refractivity contribution in [3.8, 4) is 11.5 Å². The normalized spacial score (nSPS) is 29.6. The van der Waals surface area contributed by atoms with E-state index in [9.17, 15) is 0 Å². The molecule has 2 aliphatic carbocycles. The highest BCUT2D eigenvalue weighted by atomic mass is 15.5. The molecule has 2 aromatic rings. The highest BCUT2D eigenvalue weighted by Gasteiger charge is 2.56. The van der Waals surface area contributed by atoms with E-state index in [0.29, 0.717) is 17.7 Å². The fraction of sp³-hybridized carbons (Fsp3) is 0.455. The van der Waals surface area contributed by atoms with E-state index in [1.807, 2.05) is 0 Å². The summed E-state index contributed by atoms with van der Waals surface area (Å²) in [6, 6.07) is 0. The fourth-order valence-corrected chi connectivity index (χ4v) is 3.10. The summed E-state index contributed by atoms with van der Waals surface area (Å²) in [5.74, 6) is 2.67. The van der Waals surface area contributed by atoms with Gasteiger partial charge in [-0.15, -0.1) is 10.2 Å². The Morgan fingerprint density at radius 1 is 1.35 bits per heavy atom. The highest BCUT2D eigenvalue weighted by molar-refractivity contribution is 5.60. The highest BCUT2D eigenvalue weighted by Crippen LogP contribution is 2.62. The minimum absolute atomic E-state index is 0.589. The number of fused-ring (bicyclic) bond motifs is 3. The van der Waals surface area contributed by atoms with Crippen molar-refractivity contribution in [2.24, 2.45) is 11.8 Å². The van der Waals surface area contributed by atoms with Gasteiger partial charge in [-0.2, -0.15) is 10.3 Å². The quantitative estimate of drug-likeness (QED) is 0.752. The molecule has 0 spiro atoms. The van der Waals surface area contributed by atoms with Crippen molar-refractivity contribution >= 4 is 0 Å². The summed E-state index contributed by atoms with van der Waals surface area (Å²) in [5, 5.41) is 21.5. The average Bonchev–Trinajstić information content (AvgIpc) is 2.82. The van der Waals surface area contributed by atoms with Crippen LogP contribution < -0.4 is 0 Å². The van der Waals surface area contributed by atoms with Crippen molar-refractivity contribution in [2.45, 2.75) is 19.3 Å². The van der Waals surface area contributed by atoms with Crippen LogP contribution in [0.5, 0.6) is 0 Å². The molecule has 0 amide bonds. The van der Waals surface area contributed by atoms with Gasteiger partial charge in [0.25, 0.3) is 0 Å². The van der Waals surface area contributed by atoms with Crippen LogP contribution in [0.3, 0.4) is 0 Å². The molecule has 2 heterocycles. The molecule has 4 rings (SSSR count). The number of tetrazole rings is 1. The summed E-state index contributed by atoms with van der Waals surface area (Å²) in [5.41, 5.74) is 3.42. The van der Waals surface area contributed by atoms with Crippen molar-refractivity contribution in [2.75, 3.05) is 0 Å². The lowest BCUT2D eigenvalue weighted by atomic mass is 10.1. The van der Waals surface area contributed by atoms with Gasteiger partial charge in [-0.05, 0) is 30.4 Å². The lowest BCUT2D eigenvalue weighted by molar-refractivity contribution is 0.797. The topological polar surface area (TPSA) is 83.1 Å². The number of rotatable bonds is 2. The third-order valence-electron chi connectivity index (χ3n) is 3.87. The van der Waals surface area contributed by atoms with Crippen LogP contribution in [0.1, 0.15) is 24.1 Å². The van der Waals surface area contributed by atoms with Crippen molar-refractivity contribution < 1.29 is 0 Å². The minimum Gasteiger partial charge on any atom is -0.281 e. The standard InChI is InChI=1S/C11H12N6/c1-2-3-5-6-4-7-9(8(5)6)12-13-10(7)11-14-16-17-15-11/h2-3,5-6,8H,4H2,1H3,(H,12,13)(H,14,15,16,17)/b3-2+/t5-,6+,8-/m1/s1. The van der Waals surface area contributed by atoms with Crippen LogP contribution in [0.25, 0.3) is 11.5 Å². The first kappa shape index (κ1) is 9.09. The number of aromatic nitrogens is 6. The van der Waals surface area contributed by atoms with E-state index in [0.717, 1.165) is 18.0 Å². The molecule has 0 aliphatic heterocycles. The maximum Gasteiger partial charge on any atom is 0.225 e. The predicted octanol–water partition coefficient (Wildman–Crippen LogP) is 1.05. The van der Waals surface area contributed by atoms with Gasteiger partial charge in [0.2, 0.25) is 5.82 Å². The number of allylic oxidation sites excluding steroid dienone is 2. The molecule has 0 aromatic carbocycles.